The fourth-order valence-electron chi connectivity index (χ4n) is 2.47. The Morgan fingerprint density at radius 1 is 1.47 bits per heavy atom. The molecule has 1 fully saturated rings. The average molecular weight is 260 g/mol. The maximum absolute atomic E-state index is 12.4. The largest absolute Gasteiger partial charge is 0.390 e. The third kappa shape index (κ3) is 2.09. The fraction of sp³-hybridized carbons (Fsp3) is 0.385. The first kappa shape index (κ1) is 12.1. The molecule has 0 radical (unpaired) electrons. The van der Waals surface area contributed by atoms with Gasteiger partial charge in [-0.3, -0.25) is 9.89 Å². The maximum atomic E-state index is 12.4. The number of aliphatic hydroxyl groups excluding tert-OH is 1. The molecule has 1 aliphatic heterocycles. The lowest BCUT2D eigenvalue weighted by molar-refractivity contribution is 0.0581. The monoisotopic (exact) mass is 260 g/mol. The van der Waals surface area contributed by atoms with Gasteiger partial charge < -0.3 is 15.3 Å². The zero-order chi connectivity index (χ0) is 13.4. The summed E-state index contributed by atoms with van der Waals surface area (Å²) < 4.78 is 0. The highest BCUT2D eigenvalue weighted by Gasteiger charge is 2.31. The zero-order valence-electron chi connectivity index (χ0n) is 10.6. The van der Waals surface area contributed by atoms with Gasteiger partial charge in [0, 0.05) is 31.1 Å². The van der Waals surface area contributed by atoms with Gasteiger partial charge in [0.05, 0.1) is 23.9 Å². The van der Waals surface area contributed by atoms with E-state index in [2.05, 4.69) is 15.5 Å². The number of hydrogen-bond donors (Lipinski definition) is 3. The lowest BCUT2D eigenvalue weighted by Gasteiger charge is -2.26. The molecule has 2 aromatic rings. The minimum atomic E-state index is -0.509. The molecule has 2 heterocycles. The highest BCUT2D eigenvalue weighted by Crippen LogP contribution is 2.16. The molecule has 3 N–H and O–H groups in total. The number of nitrogens with one attached hydrogen (secondary N) is 2. The van der Waals surface area contributed by atoms with Crippen LogP contribution >= 0.6 is 0 Å². The van der Waals surface area contributed by atoms with Crippen molar-refractivity contribution in [2.75, 3.05) is 20.1 Å². The van der Waals surface area contributed by atoms with Crippen LogP contribution in [0.2, 0.25) is 0 Å². The van der Waals surface area contributed by atoms with E-state index in [1.165, 1.54) is 0 Å². The minimum Gasteiger partial charge on any atom is -0.390 e. The molecule has 3 rings (SSSR count). The van der Waals surface area contributed by atoms with Crippen molar-refractivity contribution in [3.8, 4) is 0 Å². The van der Waals surface area contributed by atoms with Gasteiger partial charge in [-0.05, 0) is 12.1 Å². The van der Waals surface area contributed by atoms with Gasteiger partial charge in [0.15, 0.2) is 0 Å². The first-order valence-corrected chi connectivity index (χ1v) is 6.26. The van der Waals surface area contributed by atoms with Crippen molar-refractivity contribution in [1.29, 1.82) is 0 Å². The molecule has 1 amide bonds. The van der Waals surface area contributed by atoms with Crippen molar-refractivity contribution in [2.24, 2.45) is 0 Å². The van der Waals surface area contributed by atoms with Gasteiger partial charge in [-0.15, -0.1) is 0 Å². The third-order valence-electron chi connectivity index (χ3n) is 3.66. The van der Waals surface area contributed by atoms with Gasteiger partial charge in [-0.25, -0.2) is 0 Å². The van der Waals surface area contributed by atoms with Gasteiger partial charge in [0.25, 0.3) is 5.91 Å². The number of β-amino-alcohol motifs (C(OH)–C–C–N with tert-alkyl or cyclic N) is 1. The summed E-state index contributed by atoms with van der Waals surface area (Å²) in [6, 6.07) is 5.26. The molecule has 2 atom stereocenters. The number of H-pyrrole nitrogens is 1. The van der Waals surface area contributed by atoms with Gasteiger partial charge >= 0.3 is 0 Å². The van der Waals surface area contributed by atoms with E-state index >= 15 is 0 Å². The highest BCUT2D eigenvalue weighted by atomic mass is 16.3. The molecule has 0 spiro atoms. The molecule has 0 unspecified atom stereocenters. The number of benzene rings is 1. The van der Waals surface area contributed by atoms with Crippen LogP contribution in [0.15, 0.2) is 24.4 Å². The summed E-state index contributed by atoms with van der Waals surface area (Å²) >= 11 is 0. The number of aromatic amines is 1. The number of aromatic nitrogens is 2. The second kappa shape index (κ2) is 4.64. The molecular formula is C13H16N4O2. The molecule has 1 aromatic carbocycles. The van der Waals surface area contributed by atoms with E-state index < -0.39 is 6.10 Å². The van der Waals surface area contributed by atoms with E-state index in [1.54, 1.807) is 30.3 Å². The molecule has 0 aliphatic carbocycles. The van der Waals surface area contributed by atoms with E-state index in [1.807, 2.05) is 6.07 Å². The third-order valence-corrected chi connectivity index (χ3v) is 3.66. The molecule has 1 aliphatic rings. The van der Waals surface area contributed by atoms with Crippen LogP contribution < -0.4 is 5.32 Å². The normalized spacial score (nSPS) is 22.8. The summed E-state index contributed by atoms with van der Waals surface area (Å²) in [5, 5.41) is 20.7. The number of rotatable bonds is 2. The summed E-state index contributed by atoms with van der Waals surface area (Å²) in [6.45, 7) is 1.15. The Kier molecular flexibility index (Phi) is 2.96. The fourth-order valence-corrected chi connectivity index (χ4v) is 2.47. The Balaban J connectivity index is 1.86. The number of carbonyl (C=O) groups excluding carboxylic acids is 1. The molecule has 6 heteroatoms. The SMILES string of the molecule is CN(C(=O)c1ccc2cn[nH]c2c1)[C@@H]1CNC[C@H]1O. The number of hydrogen-bond acceptors (Lipinski definition) is 4. The standard InChI is InChI=1S/C13H16N4O2/c1-17(11-6-14-7-12(11)18)13(19)8-2-3-9-5-15-16-10(9)4-8/h2-5,11-12,14,18H,6-7H2,1H3,(H,15,16)/t11-,12-/m1/s1. The van der Waals surface area contributed by atoms with E-state index in [-0.39, 0.29) is 11.9 Å². The van der Waals surface area contributed by atoms with Crippen molar-refractivity contribution in [3.63, 3.8) is 0 Å². The zero-order valence-corrected chi connectivity index (χ0v) is 10.6. The molecule has 100 valence electrons. The quantitative estimate of drug-likeness (QED) is 0.708. The number of nitrogens with zero attached hydrogens (tertiary/aromatic N) is 2. The lowest BCUT2D eigenvalue weighted by Crippen LogP contribution is -2.44. The number of carbonyl (C=O) groups is 1. The molecule has 0 saturated carbocycles. The van der Waals surface area contributed by atoms with Crippen molar-refractivity contribution in [3.05, 3.63) is 30.0 Å². The van der Waals surface area contributed by atoms with Crippen LogP contribution in [-0.2, 0) is 0 Å². The number of likely N-dealkylation sites (N-methyl/N-ethyl adjacent to an activating group) is 1. The van der Waals surface area contributed by atoms with Crippen LogP contribution in [0.25, 0.3) is 10.9 Å². The van der Waals surface area contributed by atoms with Crippen molar-refractivity contribution in [2.45, 2.75) is 12.1 Å². The van der Waals surface area contributed by atoms with Crippen LogP contribution in [-0.4, -0.2) is 58.4 Å². The lowest BCUT2D eigenvalue weighted by atomic mass is 10.1. The van der Waals surface area contributed by atoms with Crippen LogP contribution in [0.5, 0.6) is 0 Å². The molecular weight excluding hydrogens is 244 g/mol. The molecule has 19 heavy (non-hydrogen) atoms. The van der Waals surface area contributed by atoms with Crippen LogP contribution in [0.3, 0.4) is 0 Å². The summed E-state index contributed by atoms with van der Waals surface area (Å²) in [5.41, 5.74) is 1.43. The van der Waals surface area contributed by atoms with E-state index in [0.29, 0.717) is 18.7 Å². The Morgan fingerprint density at radius 3 is 3.05 bits per heavy atom. The summed E-state index contributed by atoms with van der Waals surface area (Å²) in [6.07, 6.45) is 1.21. The molecule has 0 bridgehead atoms. The summed E-state index contributed by atoms with van der Waals surface area (Å²) in [5.74, 6) is -0.0933. The average Bonchev–Trinajstić information content (AvgIpc) is 3.04. The van der Waals surface area contributed by atoms with Crippen molar-refractivity contribution in [1.82, 2.24) is 20.4 Å². The van der Waals surface area contributed by atoms with Crippen LogP contribution in [0, 0.1) is 0 Å². The predicted molar refractivity (Wildman–Crippen MR) is 70.9 cm³/mol. The Morgan fingerprint density at radius 2 is 2.32 bits per heavy atom. The molecule has 1 saturated heterocycles. The van der Waals surface area contributed by atoms with Gasteiger partial charge in [-0.1, -0.05) is 6.07 Å². The van der Waals surface area contributed by atoms with E-state index in [0.717, 1.165) is 10.9 Å². The van der Waals surface area contributed by atoms with E-state index in [4.69, 9.17) is 0 Å². The summed E-state index contributed by atoms with van der Waals surface area (Å²) in [4.78, 5) is 14.0. The number of fused-ring (bicyclic) bond motifs is 1. The van der Waals surface area contributed by atoms with Crippen molar-refractivity contribution < 1.29 is 9.90 Å². The van der Waals surface area contributed by atoms with Gasteiger partial charge in [0.2, 0.25) is 0 Å². The minimum absolute atomic E-state index is 0.0933. The van der Waals surface area contributed by atoms with Crippen LogP contribution in [0.4, 0.5) is 0 Å². The molecule has 1 aromatic heterocycles. The number of aliphatic hydroxyl groups is 1. The predicted octanol–water partition coefficient (Wildman–Crippen LogP) is -0.0324. The Hall–Kier alpha value is -1.92. The molecule has 6 nitrogen and oxygen atoms in total. The van der Waals surface area contributed by atoms with Crippen molar-refractivity contribution >= 4 is 16.8 Å². The first-order chi connectivity index (χ1) is 9.16. The highest BCUT2D eigenvalue weighted by molar-refractivity contribution is 5.97. The Labute approximate surface area is 110 Å². The van der Waals surface area contributed by atoms with Gasteiger partial charge in [-0.2, -0.15) is 5.10 Å². The first-order valence-electron chi connectivity index (χ1n) is 6.26. The van der Waals surface area contributed by atoms with Crippen LogP contribution in [0.1, 0.15) is 10.4 Å². The number of amides is 1. The Bertz CT molecular complexity index is 609. The maximum Gasteiger partial charge on any atom is 0.254 e. The summed E-state index contributed by atoms with van der Waals surface area (Å²) in [7, 11) is 1.72. The second-order valence-electron chi connectivity index (χ2n) is 4.88. The second-order valence-corrected chi connectivity index (χ2v) is 4.88. The smallest absolute Gasteiger partial charge is 0.254 e. The van der Waals surface area contributed by atoms with Gasteiger partial charge in [0.1, 0.15) is 0 Å². The topological polar surface area (TPSA) is 81.2 Å². The van der Waals surface area contributed by atoms with E-state index in [9.17, 15) is 9.90 Å².